The molecule has 2 amide bonds. The van der Waals surface area contributed by atoms with Crippen molar-refractivity contribution < 1.29 is 9.59 Å². The molecule has 4 atom stereocenters. The summed E-state index contributed by atoms with van der Waals surface area (Å²) in [5.74, 6) is -1.74. The van der Waals surface area contributed by atoms with Crippen LogP contribution >= 0.6 is 11.6 Å². The minimum atomic E-state index is -0.935. The Morgan fingerprint density at radius 3 is 2.37 bits per heavy atom. The van der Waals surface area contributed by atoms with Gasteiger partial charge in [0.05, 0.1) is 33.6 Å². The number of halogens is 1. The van der Waals surface area contributed by atoms with Crippen molar-refractivity contribution in [1.82, 2.24) is 0 Å². The second-order valence-electron chi connectivity index (χ2n) is 10.6. The van der Waals surface area contributed by atoms with Crippen LogP contribution in [-0.2, 0) is 15.0 Å². The van der Waals surface area contributed by atoms with Gasteiger partial charge in [-0.3, -0.25) is 14.6 Å². The van der Waals surface area contributed by atoms with Crippen LogP contribution in [0.1, 0.15) is 39.3 Å². The first-order valence-electron chi connectivity index (χ1n) is 12.9. The molecule has 4 aromatic rings. The van der Waals surface area contributed by atoms with Crippen LogP contribution in [0.15, 0.2) is 96.0 Å². The Labute approximate surface area is 226 Å². The first-order valence-corrected chi connectivity index (χ1v) is 13.2. The van der Waals surface area contributed by atoms with E-state index in [1.807, 2.05) is 68.6 Å². The fourth-order valence-electron chi connectivity index (χ4n) is 6.95. The third kappa shape index (κ3) is 3.01. The lowest BCUT2D eigenvalue weighted by atomic mass is 9.52. The van der Waals surface area contributed by atoms with Gasteiger partial charge < -0.3 is 0 Å². The number of amides is 2. The molecule has 4 nitrogen and oxygen atoms in total. The lowest BCUT2D eigenvalue weighted by Crippen LogP contribution is -2.51. The number of nitrogens with zero attached hydrogens (tertiary/aromatic N) is 2. The van der Waals surface area contributed by atoms with Gasteiger partial charge in [-0.15, -0.1) is 0 Å². The van der Waals surface area contributed by atoms with E-state index in [0.717, 1.165) is 33.4 Å². The molecule has 1 aliphatic heterocycles. The molecule has 38 heavy (non-hydrogen) atoms. The van der Waals surface area contributed by atoms with Gasteiger partial charge in [0.15, 0.2) is 0 Å². The SMILES string of the molecule is Cc1ccc(N2C(=O)[C@H]3[C@H]4c5ccc(cc5)[C@@](C=Nc5ccccc5Cl)(c5ccccc54)[C@@H]3C2=O)c(C)c1. The Hall–Kier alpha value is -4.02. The number of imide groups is 1. The number of hydrogen-bond acceptors (Lipinski definition) is 3. The highest BCUT2D eigenvalue weighted by atomic mass is 35.5. The van der Waals surface area contributed by atoms with Gasteiger partial charge in [-0.1, -0.05) is 90.0 Å². The maximum Gasteiger partial charge on any atom is 0.239 e. The molecule has 1 saturated heterocycles. The number of anilines is 1. The molecular formula is C33H25ClN2O2. The van der Waals surface area contributed by atoms with Crippen molar-refractivity contribution in [1.29, 1.82) is 0 Å². The molecule has 0 N–H and O–H groups in total. The number of para-hydroxylation sites is 1. The van der Waals surface area contributed by atoms with Gasteiger partial charge in [-0.05, 0) is 59.9 Å². The average molecular weight is 517 g/mol. The molecule has 6 aliphatic rings. The lowest BCUT2D eigenvalue weighted by Gasteiger charge is -2.48. The van der Waals surface area contributed by atoms with Gasteiger partial charge in [0.25, 0.3) is 0 Å². The van der Waals surface area contributed by atoms with Crippen LogP contribution in [0.25, 0.3) is 0 Å². The van der Waals surface area contributed by atoms with Gasteiger partial charge >= 0.3 is 0 Å². The number of carbonyl (C=O) groups is 2. The predicted molar refractivity (Wildman–Crippen MR) is 150 cm³/mol. The van der Waals surface area contributed by atoms with E-state index in [-0.39, 0.29) is 17.7 Å². The van der Waals surface area contributed by atoms with Gasteiger partial charge in [-0.25, -0.2) is 4.90 Å². The monoisotopic (exact) mass is 516 g/mol. The van der Waals surface area contributed by atoms with Gasteiger partial charge in [0.1, 0.15) is 0 Å². The van der Waals surface area contributed by atoms with Crippen LogP contribution in [0, 0.1) is 25.7 Å². The third-order valence-electron chi connectivity index (χ3n) is 8.54. The summed E-state index contributed by atoms with van der Waals surface area (Å²) in [6.45, 7) is 3.97. The molecule has 10 rings (SSSR count). The number of carbonyl (C=O) groups excluding carboxylic acids is 2. The van der Waals surface area contributed by atoms with E-state index in [9.17, 15) is 9.59 Å². The second kappa shape index (κ2) is 8.24. The summed E-state index contributed by atoms with van der Waals surface area (Å²) in [7, 11) is 0. The zero-order chi connectivity index (χ0) is 26.2. The third-order valence-corrected chi connectivity index (χ3v) is 8.86. The van der Waals surface area contributed by atoms with Crippen LogP contribution in [-0.4, -0.2) is 18.0 Å². The molecule has 5 heteroatoms. The minimum Gasteiger partial charge on any atom is -0.274 e. The van der Waals surface area contributed by atoms with Crippen molar-refractivity contribution in [2.24, 2.45) is 16.8 Å². The Morgan fingerprint density at radius 2 is 1.61 bits per heavy atom. The average Bonchev–Trinajstić information content (AvgIpc) is 3.16. The highest BCUT2D eigenvalue weighted by Crippen LogP contribution is 2.60. The van der Waals surface area contributed by atoms with E-state index >= 15 is 0 Å². The fourth-order valence-corrected chi connectivity index (χ4v) is 7.13. The lowest BCUT2D eigenvalue weighted by molar-refractivity contribution is -0.122. The zero-order valence-corrected chi connectivity index (χ0v) is 21.8. The Kier molecular flexibility index (Phi) is 5.01. The van der Waals surface area contributed by atoms with Crippen molar-refractivity contribution in [3.63, 3.8) is 0 Å². The summed E-state index contributed by atoms with van der Waals surface area (Å²) in [4.78, 5) is 35.3. The number of benzene rings is 4. The first kappa shape index (κ1) is 23.1. The van der Waals surface area contributed by atoms with Crippen molar-refractivity contribution in [2.75, 3.05) is 4.90 Å². The molecule has 1 fully saturated rings. The van der Waals surface area contributed by atoms with Crippen LogP contribution in [0.5, 0.6) is 0 Å². The molecule has 0 radical (unpaired) electrons. The molecule has 4 bridgehead atoms. The highest BCUT2D eigenvalue weighted by molar-refractivity contribution is 6.33. The molecule has 0 aromatic heterocycles. The molecule has 1 heterocycles. The second-order valence-corrected chi connectivity index (χ2v) is 11.0. The molecule has 4 aromatic carbocycles. The molecule has 5 aliphatic carbocycles. The summed E-state index contributed by atoms with van der Waals surface area (Å²) in [5.41, 5.74) is 6.43. The van der Waals surface area contributed by atoms with Gasteiger partial charge in [-0.2, -0.15) is 0 Å². The standard InChI is InChI=1S/C33H25ClN2O2/c1-19-11-16-27(20(2)17-19)36-31(37)29-28-21-12-14-22(15-13-21)33(30(29)32(36)38,24-8-4-3-7-23(24)28)18-35-26-10-6-5-9-25(26)34/h3-18,28-30H,1-2H3/t28-,29-,30-,33-/m0/s1. The Balaban J connectivity index is 1.52. The summed E-state index contributed by atoms with van der Waals surface area (Å²) < 4.78 is 0. The summed E-state index contributed by atoms with van der Waals surface area (Å²) in [6, 6.07) is 29.9. The Morgan fingerprint density at radius 1 is 0.868 bits per heavy atom. The number of rotatable bonds is 3. The van der Waals surface area contributed by atoms with E-state index in [4.69, 9.17) is 16.6 Å². The molecule has 0 unspecified atom stereocenters. The number of aryl methyl sites for hydroxylation is 2. The maximum atomic E-state index is 14.6. The van der Waals surface area contributed by atoms with Crippen LogP contribution in [0.2, 0.25) is 5.02 Å². The predicted octanol–water partition coefficient (Wildman–Crippen LogP) is 6.91. The van der Waals surface area contributed by atoms with Gasteiger partial charge in [0, 0.05) is 12.1 Å². The molecule has 0 saturated carbocycles. The summed E-state index contributed by atoms with van der Waals surface area (Å²) >= 11 is 6.49. The van der Waals surface area contributed by atoms with Crippen molar-refractivity contribution >= 4 is 41.0 Å². The number of aliphatic imine (C=N–C) groups is 1. The van der Waals surface area contributed by atoms with E-state index in [1.165, 1.54) is 4.90 Å². The van der Waals surface area contributed by atoms with Crippen LogP contribution in [0.4, 0.5) is 11.4 Å². The van der Waals surface area contributed by atoms with Gasteiger partial charge in [0.2, 0.25) is 11.8 Å². The quantitative estimate of drug-likeness (QED) is 0.219. The first-order chi connectivity index (χ1) is 18.4. The smallest absolute Gasteiger partial charge is 0.239 e. The summed E-state index contributed by atoms with van der Waals surface area (Å²) in [6.07, 6.45) is 1.87. The molecule has 186 valence electrons. The maximum absolute atomic E-state index is 14.6. The van der Waals surface area contributed by atoms with E-state index in [0.29, 0.717) is 16.4 Å². The molecule has 0 spiro atoms. The minimum absolute atomic E-state index is 0.149. The summed E-state index contributed by atoms with van der Waals surface area (Å²) in [5, 5.41) is 0.533. The largest absolute Gasteiger partial charge is 0.274 e. The normalized spacial score (nSPS) is 25.0. The van der Waals surface area contributed by atoms with Crippen molar-refractivity contribution in [3.8, 4) is 0 Å². The van der Waals surface area contributed by atoms with E-state index < -0.39 is 17.3 Å². The topological polar surface area (TPSA) is 49.7 Å². The van der Waals surface area contributed by atoms with Crippen molar-refractivity contribution in [2.45, 2.75) is 25.2 Å². The van der Waals surface area contributed by atoms with Crippen molar-refractivity contribution in [3.05, 3.63) is 129 Å². The van der Waals surface area contributed by atoms with Crippen LogP contribution in [0.3, 0.4) is 0 Å². The van der Waals surface area contributed by atoms with E-state index in [2.05, 4.69) is 36.4 Å². The fraction of sp³-hybridized carbons (Fsp3) is 0.182. The zero-order valence-electron chi connectivity index (χ0n) is 21.1. The molecular weight excluding hydrogens is 492 g/mol. The van der Waals surface area contributed by atoms with Crippen LogP contribution < -0.4 is 4.90 Å². The highest BCUT2D eigenvalue weighted by Gasteiger charge is 2.65. The number of hydrogen-bond donors (Lipinski definition) is 0. The van der Waals surface area contributed by atoms with E-state index in [1.54, 1.807) is 6.07 Å². The Bertz CT molecular complexity index is 1670.